The summed E-state index contributed by atoms with van der Waals surface area (Å²) in [5.41, 5.74) is 17.2. The highest BCUT2D eigenvalue weighted by Gasteiger charge is 2.07. The van der Waals surface area contributed by atoms with Crippen molar-refractivity contribution in [2.45, 2.75) is 27.3 Å². The number of nitrogens with two attached hydrogens (primary N) is 2. The maximum Gasteiger partial charge on any atom is 0.240 e. The smallest absolute Gasteiger partial charge is 0.240 e. The van der Waals surface area contributed by atoms with Crippen molar-refractivity contribution in [3.8, 4) is 0 Å². The molecule has 0 radical (unpaired) electrons. The van der Waals surface area contributed by atoms with E-state index in [0.717, 1.165) is 12.4 Å². The third-order valence-corrected chi connectivity index (χ3v) is 3.31. The van der Waals surface area contributed by atoms with Crippen LogP contribution in [0.15, 0.2) is 24.3 Å². The van der Waals surface area contributed by atoms with E-state index in [2.05, 4.69) is 43.2 Å². The number of pyridine rings is 1. The summed E-state index contributed by atoms with van der Waals surface area (Å²) < 4.78 is 0. The highest BCUT2D eigenvalue weighted by Crippen LogP contribution is 2.18. The molecule has 0 spiro atoms. The maximum atomic E-state index is 5.75. The average molecular weight is 293 g/mol. The molecule has 0 atom stereocenters. The van der Waals surface area contributed by atoms with Gasteiger partial charge in [-0.2, -0.15) is 0 Å². The summed E-state index contributed by atoms with van der Waals surface area (Å²) >= 11 is 0. The van der Waals surface area contributed by atoms with Gasteiger partial charge < -0.3 is 29.2 Å². The number of hydrogen-bond donors (Lipinski definition) is 3. The van der Waals surface area contributed by atoms with E-state index in [0.29, 0.717) is 11.5 Å². The Bertz CT molecular complexity index is 588. The number of aromatic nitrogens is 1. The lowest BCUT2D eigenvalue weighted by atomic mass is 10.00. The Balaban J connectivity index is 0.00000200. The van der Waals surface area contributed by atoms with Gasteiger partial charge in [-0.3, -0.25) is 0 Å². The van der Waals surface area contributed by atoms with Crippen LogP contribution in [0.25, 0.3) is 0 Å². The number of halogens is 1. The first-order chi connectivity index (χ1) is 8.97. The first-order valence-electron chi connectivity index (χ1n) is 6.35. The first kappa shape index (κ1) is 16.1. The van der Waals surface area contributed by atoms with Crippen molar-refractivity contribution < 1.29 is 17.4 Å². The van der Waals surface area contributed by atoms with Crippen molar-refractivity contribution in [1.82, 2.24) is 0 Å². The van der Waals surface area contributed by atoms with Gasteiger partial charge in [0.2, 0.25) is 11.6 Å². The van der Waals surface area contributed by atoms with E-state index in [1.165, 1.54) is 22.3 Å². The minimum atomic E-state index is 0. The summed E-state index contributed by atoms with van der Waals surface area (Å²) in [5, 5.41) is 3.34. The zero-order valence-electron chi connectivity index (χ0n) is 12.0. The lowest BCUT2D eigenvalue weighted by molar-refractivity contribution is -0.342. The number of aromatic amines is 1. The molecule has 0 aliphatic heterocycles. The second kappa shape index (κ2) is 6.48. The fourth-order valence-corrected chi connectivity index (χ4v) is 2.30. The van der Waals surface area contributed by atoms with E-state index in [9.17, 15) is 0 Å². The van der Waals surface area contributed by atoms with Crippen LogP contribution in [-0.4, -0.2) is 0 Å². The van der Waals surface area contributed by atoms with E-state index in [-0.39, 0.29) is 12.4 Å². The van der Waals surface area contributed by atoms with E-state index in [4.69, 9.17) is 11.5 Å². The summed E-state index contributed by atoms with van der Waals surface area (Å²) in [4.78, 5) is 3.04. The fourth-order valence-electron chi connectivity index (χ4n) is 2.30. The molecule has 0 amide bonds. The van der Waals surface area contributed by atoms with Crippen molar-refractivity contribution in [1.29, 1.82) is 0 Å². The van der Waals surface area contributed by atoms with Crippen LogP contribution >= 0.6 is 0 Å². The third-order valence-electron chi connectivity index (χ3n) is 3.31. The molecule has 4 nitrogen and oxygen atoms in total. The monoisotopic (exact) mass is 292 g/mol. The van der Waals surface area contributed by atoms with Crippen LogP contribution in [-0.2, 0) is 6.54 Å². The molecule has 5 heteroatoms. The van der Waals surface area contributed by atoms with Gasteiger partial charge in [0.1, 0.15) is 5.69 Å². The van der Waals surface area contributed by atoms with Gasteiger partial charge in [-0.25, -0.2) is 4.98 Å². The van der Waals surface area contributed by atoms with Crippen LogP contribution < -0.4 is 34.2 Å². The summed E-state index contributed by atoms with van der Waals surface area (Å²) in [6, 6.07) is 8.09. The molecule has 0 bridgehead atoms. The van der Waals surface area contributed by atoms with Crippen molar-refractivity contribution in [2.75, 3.05) is 16.8 Å². The number of benzene rings is 1. The van der Waals surface area contributed by atoms with Gasteiger partial charge in [-0.15, -0.1) is 0 Å². The Morgan fingerprint density at radius 3 is 2.20 bits per heavy atom. The van der Waals surface area contributed by atoms with E-state index >= 15 is 0 Å². The Kier molecular flexibility index (Phi) is 5.22. The second-order valence-corrected chi connectivity index (χ2v) is 4.97. The predicted octanol–water partition coefficient (Wildman–Crippen LogP) is -0.794. The minimum absolute atomic E-state index is 0. The van der Waals surface area contributed by atoms with Crippen LogP contribution in [0.1, 0.15) is 22.3 Å². The van der Waals surface area contributed by atoms with Crippen LogP contribution in [0, 0.1) is 20.8 Å². The first-order valence-corrected chi connectivity index (χ1v) is 6.35. The van der Waals surface area contributed by atoms with Gasteiger partial charge in [0.25, 0.3) is 0 Å². The molecule has 0 saturated carbocycles. The molecule has 0 fully saturated rings. The van der Waals surface area contributed by atoms with Gasteiger partial charge in [-0.1, -0.05) is 17.7 Å². The van der Waals surface area contributed by atoms with E-state index < -0.39 is 0 Å². The predicted molar refractivity (Wildman–Crippen MR) is 79.8 cm³/mol. The molecular formula is C15H21ClN4. The van der Waals surface area contributed by atoms with Crippen molar-refractivity contribution in [3.63, 3.8) is 0 Å². The Morgan fingerprint density at radius 2 is 1.65 bits per heavy atom. The highest BCUT2D eigenvalue weighted by atomic mass is 35.5. The molecule has 108 valence electrons. The van der Waals surface area contributed by atoms with Crippen LogP contribution in [0.2, 0.25) is 0 Å². The lowest BCUT2D eigenvalue weighted by Gasteiger charge is -2.11. The summed E-state index contributed by atoms with van der Waals surface area (Å²) in [7, 11) is 0. The van der Waals surface area contributed by atoms with Gasteiger partial charge in [0.15, 0.2) is 0 Å². The minimum Gasteiger partial charge on any atom is -1.00 e. The summed E-state index contributed by atoms with van der Waals surface area (Å²) in [5.74, 6) is 1.36. The lowest BCUT2D eigenvalue weighted by Crippen LogP contribution is -3.00. The van der Waals surface area contributed by atoms with Crippen molar-refractivity contribution >= 4 is 17.3 Å². The molecule has 1 aromatic heterocycles. The number of aryl methyl sites for hydroxylation is 3. The van der Waals surface area contributed by atoms with Crippen LogP contribution in [0.5, 0.6) is 0 Å². The number of rotatable bonds is 3. The third kappa shape index (κ3) is 3.54. The Labute approximate surface area is 126 Å². The number of hydrogen-bond acceptors (Lipinski definition) is 3. The van der Waals surface area contributed by atoms with Crippen LogP contribution in [0.4, 0.5) is 17.3 Å². The fraction of sp³-hybridized carbons (Fsp3) is 0.267. The second-order valence-electron chi connectivity index (χ2n) is 4.97. The normalized spacial score (nSPS) is 9.95. The number of H-pyrrole nitrogens is 1. The molecule has 2 aromatic rings. The molecule has 0 aliphatic rings. The SMILES string of the molecule is Cc1cc(C)c(CNc2ccc(N)c(N)[nH+]2)c(C)c1.[Cl-]. The molecule has 0 saturated heterocycles. The van der Waals surface area contributed by atoms with Gasteiger partial charge in [0.05, 0.1) is 6.54 Å². The molecule has 0 unspecified atom stereocenters. The zero-order chi connectivity index (χ0) is 14.0. The zero-order valence-corrected chi connectivity index (χ0v) is 12.8. The van der Waals surface area contributed by atoms with Gasteiger partial charge in [-0.05, 0) is 43.5 Å². The number of anilines is 3. The number of nitrogen functional groups attached to an aromatic ring is 2. The summed E-state index contributed by atoms with van der Waals surface area (Å²) in [6.07, 6.45) is 0. The molecule has 1 heterocycles. The van der Waals surface area contributed by atoms with Crippen molar-refractivity contribution in [2.24, 2.45) is 0 Å². The largest absolute Gasteiger partial charge is 1.00 e. The molecule has 0 aliphatic carbocycles. The van der Waals surface area contributed by atoms with Crippen LogP contribution in [0.3, 0.4) is 0 Å². The maximum absolute atomic E-state index is 5.75. The topological polar surface area (TPSA) is 78.2 Å². The van der Waals surface area contributed by atoms with Crippen molar-refractivity contribution in [3.05, 3.63) is 46.5 Å². The highest BCUT2D eigenvalue weighted by molar-refractivity contribution is 5.56. The quantitative estimate of drug-likeness (QED) is 0.694. The number of nitrogens with one attached hydrogen (secondary N) is 2. The summed E-state index contributed by atoms with van der Waals surface area (Å²) in [6.45, 7) is 7.15. The molecule has 20 heavy (non-hydrogen) atoms. The molecule has 2 rings (SSSR count). The average Bonchev–Trinajstić information content (AvgIpc) is 2.32. The standard InChI is InChI=1S/C15H20N4.ClH/c1-9-6-10(2)12(11(3)7-9)8-18-14-5-4-13(16)15(17)19-14;/h4-7H,8,16H2,1-3H3,(H3,17,18,19);1H. The molecular weight excluding hydrogens is 272 g/mol. The molecule has 6 N–H and O–H groups in total. The van der Waals surface area contributed by atoms with Gasteiger partial charge in [0, 0.05) is 6.07 Å². The Morgan fingerprint density at radius 1 is 1.05 bits per heavy atom. The van der Waals surface area contributed by atoms with E-state index in [1.54, 1.807) is 6.07 Å². The van der Waals surface area contributed by atoms with Gasteiger partial charge >= 0.3 is 0 Å². The molecule has 1 aromatic carbocycles. The van der Waals surface area contributed by atoms with E-state index in [1.807, 2.05) is 6.07 Å². The Hall–Kier alpha value is -1.94.